The van der Waals surface area contributed by atoms with Crippen molar-refractivity contribution in [2.45, 2.75) is 53.8 Å². The van der Waals surface area contributed by atoms with Crippen LogP contribution in [0.15, 0.2) is 83.8 Å². The molecule has 2 aliphatic rings. The highest BCUT2D eigenvalue weighted by atomic mass is 35.5. The van der Waals surface area contributed by atoms with Crippen LogP contribution in [0.25, 0.3) is 0 Å². The fraction of sp³-hybridized carbons (Fsp3) is 0.419. The first kappa shape index (κ1) is 28.8. The first-order chi connectivity index (χ1) is 19.0. The van der Waals surface area contributed by atoms with Gasteiger partial charge < -0.3 is 24.7 Å². The number of likely N-dealkylation sites (N-methyl/N-ethyl adjacent to an activating group) is 1. The number of thioether (sulfide) groups is 2. The average Bonchev–Trinajstić information content (AvgIpc) is 2.97. The number of fused-ring (bicyclic) bond motifs is 2. The molecule has 5 unspecified atom stereocenters. The minimum atomic E-state index is -0.975. The van der Waals surface area contributed by atoms with Gasteiger partial charge in [0.15, 0.2) is 0 Å². The van der Waals surface area contributed by atoms with Gasteiger partial charge in [-0.2, -0.15) is 0 Å². The zero-order chi connectivity index (χ0) is 27.4. The van der Waals surface area contributed by atoms with E-state index in [2.05, 4.69) is 72.2 Å². The van der Waals surface area contributed by atoms with E-state index in [1.807, 2.05) is 30.3 Å². The van der Waals surface area contributed by atoms with Gasteiger partial charge in [0.1, 0.15) is 12.3 Å². The summed E-state index contributed by atoms with van der Waals surface area (Å²) >= 11 is 9.75. The second-order valence-electron chi connectivity index (χ2n) is 10.00. The lowest BCUT2D eigenvalue weighted by molar-refractivity contribution is -0.155. The molecule has 0 radical (unpaired) electrons. The zero-order valence-electron chi connectivity index (χ0n) is 22.4. The van der Waals surface area contributed by atoms with Gasteiger partial charge in [-0.25, -0.2) is 0 Å². The van der Waals surface area contributed by atoms with Crippen LogP contribution in [0.5, 0.6) is 0 Å². The fourth-order valence-electron chi connectivity index (χ4n) is 5.40. The molecule has 0 spiro atoms. The number of anilines is 1. The summed E-state index contributed by atoms with van der Waals surface area (Å²) in [5, 5.41) is 23.1. The maximum atomic E-state index is 11.4. The number of halogens is 1. The van der Waals surface area contributed by atoms with Crippen molar-refractivity contribution in [2.24, 2.45) is 0 Å². The van der Waals surface area contributed by atoms with E-state index in [-0.39, 0.29) is 16.7 Å². The van der Waals surface area contributed by atoms with Crippen molar-refractivity contribution in [1.82, 2.24) is 4.90 Å². The Bertz CT molecular complexity index is 1160. The van der Waals surface area contributed by atoms with E-state index in [1.165, 1.54) is 11.1 Å². The molecule has 5 atom stereocenters. The monoisotopic (exact) mass is 584 g/mol. The summed E-state index contributed by atoms with van der Waals surface area (Å²) in [6.07, 6.45) is -2.77. The van der Waals surface area contributed by atoms with Gasteiger partial charge >= 0.3 is 0 Å². The Kier molecular flexibility index (Phi) is 9.82. The van der Waals surface area contributed by atoms with E-state index in [0.717, 1.165) is 36.8 Å². The van der Waals surface area contributed by atoms with Gasteiger partial charge in [-0.3, -0.25) is 0 Å². The summed E-state index contributed by atoms with van der Waals surface area (Å²) in [5.74, 6) is 0.548. The number of hydrogen-bond donors (Lipinski definition) is 2. The van der Waals surface area contributed by atoms with Crippen molar-refractivity contribution in [1.29, 1.82) is 0 Å². The smallest absolute Gasteiger partial charge is 0.145 e. The first-order valence-electron chi connectivity index (χ1n) is 13.7. The van der Waals surface area contributed by atoms with Crippen LogP contribution in [0.4, 0.5) is 5.69 Å². The average molecular weight is 585 g/mol. The van der Waals surface area contributed by atoms with Gasteiger partial charge in [0.05, 0.1) is 28.4 Å². The molecule has 8 heteroatoms. The Labute approximate surface area is 245 Å². The summed E-state index contributed by atoms with van der Waals surface area (Å²) in [5.41, 5.74) is 3.44. The van der Waals surface area contributed by atoms with Crippen molar-refractivity contribution >= 4 is 40.8 Å². The van der Waals surface area contributed by atoms with Crippen molar-refractivity contribution in [3.8, 4) is 0 Å². The summed E-state index contributed by atoms with van der Waals surface area (Å²) < 4.78 is 6.72. The summed E-state index contributed by atoms with van der Waals surface area (Å²) in [7, 11) is 0. The van der Waals surface area contributed by atoms with Gasteiger partial charge in [0, 0.05) is 28.8 Å². The molecule has 0 bridgehead atoms. The molecule has 0 saturated carbocycles. The van der Waals surface area contributed by atoms with E-state index in [9.17, 15) is 10.2 Å². The van der Waals surface area contributed by atoms with E-state index in [4.69, 9.17) is 16.3 Å². The van der Waals surface area contributed by atoms with Crippen molar-refractivity contribution in [2.75, 3.05) is 36.8 Å². The van der Waals surface area contributed by atoms with Crippen LogP contribution in [0.2, 0.25) is 5.02 Å². The maximum Gasteiger partial charge on any atom is 0.145 e. The third kappa shape index (κ3) is 6.46. The first-order valence-corrected chi connectivity index (χ1v) is 16.0. The predicted octanol–water partition coefficient (Wildman–Crippen LogP) is 5.93. The van der Waals surface area contributed by atoms with E-state index < -0.39 is 18.3 Å². The van der Waals surface area contributed by atoms with Crippen LogP contribution in [0.1, 0.15) is 30.2 Å². The number of hydrogen-bond acceptors (Lipinski definition) is 7. The molecule has 2 N–H and O–H groups in total. The molecule has 5 rings (SSSR count). The molecule has 2 heterocycles. The molecule has 1 fully saturated rings. The van der Waals surface area contributed by atoms with E-state index in [1.54, 1.807) is 23.5 Å². The second kappa shape index (κ2) is 13.3. The molecule has 208 valence electrons. The van der Waals surface area contributed by atoms with Crippen LogP contribution in [0, 0.1) is 0 Å². The highest BCUT2D eigenvalue weighted by Gasteiger charge is 2.49. The Morgan fingerprint density at radius 2 is 1.59 bits per heavy atom. The molecule has 0 amide bonds. The van der Waals surface area contributed by atoms with E-state index >= 15 is 0 Å². The van der Waals surface area contributed by atoms with Crippen LogP contribution in [-0.4, -0.2) is 76.8 Å². The molecule has 2 aliphatic heterocycles. The number of nitrogens with zero attached hydrogens (tertiary/aromatic N) is 2. The summed E-state index contributed by atoms with van der Waals surface area (Å²) in [6, 6.07) is 26.7. The lowest BCUT2D eigenvalue weighted by Gasteiger charge is -2.51. The lowest BCUT2D eigenvalue weighted by Crippen LogP contribution is -2.64. The molecule has 39 heavy (non-hydrogen) atoms. The SMILES string of the molecule is CCN(CC)CCN1c2cc(Cl)ccc2SC2C(O)C(O)C(CSC(c3ccccc3)c3ccccc3)OC21. The molecular weight excluding hydrogens is 548 g/mol. The molecule has 0 aliphatic carbocycles. The van der Waals surface area contributed by atoms with Crippen LogP contribution in [-0.2, 0) is 4.74 Å². The third-order valence-electron chi connectivity index (χ3n) is 7.65. The Morgan fingerprint density at radius 3 is 2.21 bits per heavy atom. The number of aliphatic hydroxyl groups is 2. The number of aliphatic hydroxyl groups excluding tert-OH is 2. The second-order valence-corrected chi connectivity index (χ2v) is 12.8. The van der Waals surface area contributed by atoms with Gasteiger partial charge in [0.2, 0.25) is 0 Å². The predicted molar refractivity (Wildman–Crippen MR) is 164 cm³/mol. The van der Waals surface area contributed by atoms with E-state index in [0.29, 0.717) is 10.8 Å². The minimum absolute atomic E-state index is 0.0945. The molecule has 0 aromatic heterocycles. The molecule has 1 saturated heterocycles. The van der Waals surface area contributed by atoms with Gasteiger partial charge in [0.25, 0.3) is 0 Å². The molecule has 3 aromatic rings. The topological polar surface area (TPSA) is 56.2 Å². The largest absolute Gasteiger partial charge is 0.389 e. The van der Waals surface area contributed by atoms with Gasteiger partial charge in [-0.05, 0) is 42.4 Å². The molecular formula is C31H37ClN2O3S2. The van der Waals surface area contributed by atoms with Crippen LogP contribution < -0.4 is 4.90 Å². The highest BCUT2D eigenvalue weighted by Crippen LogP contribution is 2.48. The fourth-order valence-corrected chi connectivity index (χ4v) is 8.29. The highest BCUT2D eigenvalue weighted by molar-refractivity contribution is 8.00. The number of rotatable bonds is 10. The summed E-state index contributed by atoms with van der Waals surface area (Å²) in [6.45, 7) is 7.90. The maximum absolute atomic E-state index is 11.4. The Balaban J connectivity index is 1.39. The van der Waals surface area contributed by atoms with Gasteiger partial charge in [-0.1, -0.05) is 86.1 Å². The number of benzene rings is 3. The standard InChI is InChI=1S/C31H37ClN2O3S2/c1-3-33(4-2)17-18-34-24-19-23(32)15-16-26(24)39-30-28(36)27(35)25(37-31(30)34)20-38-29(21-11-7-5-8-12-21)22-13-9-6-10-14-22/h5-16,19,25,27-31,35-36H,3-4,17-18,20H2,1-2H3. The van der Waals surface area contributed by atoms with Crippen LogP contribution >= 0.6 is 35.1 Å². The normalized spacial score (nSPS) is 24.6. The van der Waals surface area contributed by atoms with Crippen molar-refractivity contribution in [3.63, 3.8) is 0 Å². The minimum Gasteiger partial charge on any atom is -0.389 e. The van der Waals surface area contributed by atoms with Gasteiger partial charge in [-0.15, -0.1) is 23.5 Å². The van der Waals surface area contributed by atoms with Crippen molar-refractivity contribution in [3.05, 3.63) is 95.0 Å². The Morgan fingerprint density at radius 1 is 0.949 bits per heavy atom. The zero-order valence-corrected chi connectivity index (χ0v) is 24.8. The molecule has 5 nitrogen and oxygen atoms in total. The quantitative estimate of drug-likeness (QED) is 0.306. The Hall–Kier alpha value is -1.71. The number of ether oxygens (including phenoxy) is 1. The van der Waals surface area contributed by atoms with Crippen LogP contribution in [0.3, 0.4) is 0 Å². The molecule has 3 aromatic carbocycles. The summed E-state index contributed by atoms with van der Waals surface area (Å²) in [4.78, 5) is 5.68. The van der Waals surface area contributed by atoms with Crippen molar-refractivity contribution < 1.29 is 14.9 Å². The third-order valence-corrected chi connectivity index (χ3v) is 10.7. The lowest BCUT2D eigenvalue weighted by atomic mass is 9.99.